The molecule has 0 saturated heterocycles. The molecule has 1 heterocycles. The van der Waals surface area contributed by atoms with Crippen LogP contribution in [0.2, 0.25) is 0 Å². The van der Waals surface area contributed by atoms with E-state index in [-0.39, 0.29) is 17.9 Å². The van der Waals surface area contributed by atoms with Crippen LogP contribution in [0.15, 0.2) is 54.6 Å². The molecule has 0 N–H and O–H groups in total. The highest BCUT2D eigenvalue weighted by atomic mass is 35.5. The molecule has 3 rings (SSSR count). The van der Waals surface area contributed by atoms with Crippen LogP contribution in [0.3, 0.4) is 0 Å². The predicted octanol–water partition coefficient (Wildman–Crippen LogP) is 4.25. The quantitative estimate of drug-likeness (QED) is 0.798. The summed E-state index contributed by atoms with van der Waals surface area (Å²) in [7, 11) is 0. The van der Waals surface area contributed by atoms with Crippen molar-refractivity contribution in [3.8, 4) is 0 Å². The number of likely N-dealkylation sites (N-methyl/N-ethyl adjacent to an activating group) is 1. The van der Waals surface area contributed by atoms with E-state index in [1.807, 2.05) is 0 Å². The molecule has 0 fully saturated rings. The largest absolute Gasteiger partial charge is 0.290 e. The highest BCUT2D eigenvalue weighted by Crippen LogP contribution is 2.40. The summed E-state index contributed by atoms with van der Waals surface area (Å²) in [5.41, 5.74) is 4.36. The van der Waals surface area contributed by atoms with Crippen molar-refractivity contribution >= 4 is 12.4 Å². The van der Waals surface area contributed by atoms with E-state index in [1.54, 1.807) is 0 Å². The molecule has 1 aliphatic heterocycles. The summed E-state index contributed by atoms with van der Waals surface area (Å²) in [4.78, 5) is 2.59. The van der Waals surface area contributed by atoms with Gasteiger partial charge in [-0.25, -0.2) is 0 Å². The standard InChI is InChI=1S/C18H21N.ClH/c1-3-19-14-13-15-9-7-8-12-17(15)18(19,2)16-10-5-4-6-11-16;/h4-12H,3,13-14H2,1-2H3;1H. The maximum absolute atomic E-state index is 2.59. The third-order valence-electron chi connectivity index (χ3n) is 4.54. The number of rotatable bonds is 2. The molecule has 1 nitrogen and oxygen atoms in total. The van der Waals surface area contributed by atoms with Crippen molar-refractivity contribution in [1.82, 2.24) is 4.90 Å². The van der Waals surface area contributed by atoms with Crippen LogP contribution in [-0.2, 0) is 12.0 Å². The summed E-state index contributed by atoms with van der Waals surface area (Å²) in [5, 5.41) is 0. The van der Waals surface area contributed by atoms with Crippen molar-refractivity contribution in [3.63, 3.8) is 0 Å². The lowest BCUT2D eigenvalue weighted by atomic mass is 9.77. The van der Waals surface area contributed by atoms with Crippen LogP contribution in [-0.4, -0.2) is 18.0 Å². The topological polar surface area (TPSA) is 3.24 Å². The SMILES string of the molecule is CCN1CCc2ccccc2C1(C)c1ccccc1.Cl. The van der Waals surface area contributed by atoms with Gasteiger partial charge in [-0.05, 0) is 36.6 Å². The van der Waals surface area contributed by atoms with Crippen molar-refractivity contribution in [2.45, 2.75) is 25.8 Å². The number of nitrogens with zero attached hydrogens (tertiary/aromatic N) is 1. The van der Waals surface area contributed by atoms with Crippen LogP contribution in [0.25, 0.3) is 0 Å². The Kier molecular flexibility index (Phi) is 4.52. The zero-order chi connectivity index (χ0) is 13.3. The second-order valence-corrected chi connectivity index (χ2v) is 5.43. The lowest BCUT2D eigenvalue weighted by Crippen LogP contribution is -2.49. The second kappa shape index (κ2) is 5.99. The maximum atomic E-state index is 2.59. The van der Waals surface area contributed by atoms with Crippen molar-refractivity contribution in [1.29, 1.82) is 0 Å². The first-order chi connectivity index (χ1) is 9.26. The molecule has 0 aromatic heterocycles. The van der Waals surface area contributed by atoms with Crippen molar-refractivity contribution in [2.24, 2.45) is 0 Å². The molecule has 106 valence electrons. The fourth-order valence-electron chi connectivity index (χ4n) is 3.44. The molecular formula is C18H22ClN. The minimum Gasteiger partial charge on any atom is -0.290 e. The summed E-state index contributed by atoms with van der Waals surface area (Å²) >= 11 is 0. The van der Waals surface area contributed by atoms with Gasteiger partial charge in [-0.3, -0.25) is 4.90 Å². The lowest BCUT2D eigenvalue weighted by molar-refractivity contribution is 0.134. The molecule has 0 bridgehead atoms. The van der Waals surface area contributed by atoms with Gasteiger partial charge in [0.05, 0.1) is 5.54 Å². The molecule has 2 aromatic rings. The molecule has 1 unspecified atom stereocenters. The molecule has 0 amide bonds. The smallest absolute Gasteiger partial charge is 0.0689 e. The van der Waals surface area contributed by atoms with Gasteiger partial charge in [0.1, 0.15) is 0 Å². The Morgan fingerprint density at radius 2 is 1.65 bits per heavy atom. The number of benzene rings is 2. The van der Waals surface area contributed by atoms with Crippen molar-refractivity contribution in [2.75, 3.05) is 13.1 Å². The van der Waals surface area contributed by atoms with E-state index in [4.69, 9.17) is 0 Å². The highest BCUT2D eigenvalue weighted by Gasteiger charge is 2.38. The first-order valence-electron chi connectivity index (χ1n) is 7.15. The molecule has 0 radical (unpaired) electrons. The molecule has 2 heteroatoms. The monoisotopic (exact) mass is 287 g/mol. The van der Waals surface area contributed by atoms with Crippen molar-refractivity contribution < 1.29 is 0 Å². The Balaban J connectivity index is 0.00000147. The molecular weight excluding hydrogens is 266 g/mol. The van der Waals surface area contributed by atoms with E-state index >= 15 is 0 Å². The zero-order valence-corrected chi connectivity index (χ0v) is 13.0. The fourth-order valence-corrected chi connectivity index (χ4v) is 3.44. The van der Waals surface area contributed by atoms with Crippen LogP contribution in [0, 0.1) is 0 Å². The van der Waals surface area contributed by atoms with Gasteiger partial charge < -0.3 is 0 Å². The minimum atomic E-state index is 0. The van der Waals surface area contributed by atoms with Crippen LogP contribution < -0.4 is 0 Å². The van der Waals surface area contributed by atoms with Crippen LogP contribution in [0.5, 0.6) is 0 Å². The fraction of sp³-hybridized carbons (Fsp3) is 0.333. The van der Waals surface area contributed by atoms with E-state index in [2.05, 4.69) is 73.3 Å². The van der Waals surface area contributed by atoms with Gasteiger partial charge in [0, 0.05) is 6.54 Å². The van der Waals surface area contributed by atoms with Crippen LogP contribution in [0.4, 0.5) is 0 Å². The zero-order valence-electron chi connectivity index (χ0n) is 12.2. The molecule has 20 heavy (non-hydrogen) atoms. The summed E-state index contributed by atoms with van der Waals surface area (Å²) < 4.78 is 0. The first kappa shape index (κ1) is 15.1. The third kappa shape index (κ3) is 2.25. The Labute approximate surface area is 128 Å². The Morgan fingerprint density at radius 3 is 2.35 bits per heavy atom. The summed E-state index contributed by atoms with van der Waals surface area (Å²) in [6.45, 7) is 6.84. The van der Waals surface area contributed by atoms with Gasteiger partial charge in [0.2, 0.25) is 0 Å². The summed E-state index contributed by atoms with van der Waals surface area (Å²) in [6.07, 6.45) is 1.16. The molecule has 0 saturated carbocycles. The summed E-state index contributed by atoms with van der Waals surface area (Å²) in [5.74, 6) is 0. The number of hydrogen-bond acceptors (Lipinski definition) is 1. The Bertz CT molecular complexity index is 567. The van der Waals surface area contributed by atoms with Crippen LogP contribution in [0.1, 0.15) is 30.5 Å². The van der Waals surface area contributed by atoms with Gasteiger partial charge in [-0.2, -0.15) is 0 Å². The molecule has 2 aromatic carbocycles. The Morgan fingerprint density at radius 1 is 1.00 bits per heavy atom. The number of fused-ring (bicyclic) bond motifs is 1. The van der Waals surface area contributed by atoms with E-state index in [0.717, 1.165) is 19.5 Å². The first-order valence-corrected chi connectivity index (χ1v) is 7.15. The van der Waals surface area contributed by atoms with Gasteiger partial charge in [0.15, 0.2) is 0 Å². The van der Waals surface area contributed by atoms with E-state index < -0.39 is 0 Å². The van der Waals surface area contributed by atoms with Gasteiger partial charge in [0.25, 0.3) is 0 Å². The highest BCUT2D eigenvalue weighted by molar-refractivity contribution is 5.85. The van der Waals surface area contributed by atoms with E-state index in [0.29, 0.717) is 0 Å². The van der Waals surface area contributed by atoms with Gasteiger partial charge >= 0.3 is 0 Å². The predicted molar refractivity (Wildman–Crippen MR) is 87.5 cm³/mol. The van der Waals surface area contributed by atoms with E-state index in [9.17, 15) is 0 Å². The average molecular weight is 288 g/mol. The third-order valence-corrected chi connectivity index (χ3v) is 4.54. The van der Waals surface area contributed by atoms with Gasteiger partial charge in [-0.1, -0.05) is 61.5 Å². The Hall–Kier alpha value is -1.31. The average Bonchev–Trinajstić information content (AvgIpc) is 2.49. The normalized spacial score (nSPS) is 21.9. The minimum absolute atomic E-state index is 0. The maximum Gasteiger partial charge on any atom is 0.0689 e. The number of halogens is 1. The van der Waals surface area contributed by atoms with Crippen LogP contribution >= 0.6 is 12.4 Å². The molecule has 1 atom stereocenters. The molecule has 1 aliphatic rings. The lowest BCUT2D eigenvalue weighted by Gasteiger charge is -2.46. The summed E-state index contributed by atoms with van der Waals surface area (Å²) in [6, 6.07) is 19.8. The van der Waals surface area contributed by atoms with E-state index in [1.165, 1.54) is 16.7 Å². The molecule has 0 spiro atoms. The van der Waals surface area contributed by atoms with Crippen molar-refractivity contribution in [3.05, 3.63) is 71.3 Å². The number of hydrogen-bond donors (Lipinski definition) is 0. The van der Waals surface area contributed by atoms with Gasteiger partial charge in [-0.15, -0.1) is 12.4 Å². The second-order valence-electron chi connectivity index (χ2n) is 5.43. The molecule has 0 aliphatic carbocycles.